The minimum Gasteiger partial charge on any atom is -0.0628 e. The van der Waals surface area contributed by atoms with E-state index in [1.54, 1.807) is 0 Å². The maximum Gasteiger partial charge on any atom is -0.0233 e. The first-order valence-corrected chi connectivity index (χ1v) is 17.1. The summed E-state index contributed by atoms with van der Waals surface area (Å²) in [6.45, 7) is 37.1. The molecule has 0 bridgehead atoms. The van der Waals surface area contributed by atoms with Gasteiger partial charge in [-0.15, -0.1) is 0 Å². The number of hydrogen-bond acceptors (Lipinski definition) is 0. The number of hydrogen-bond donors (Lipinski definition) is 0. The number of rotatable bonds is 5. The minimum atomic E-state index is 0.474. The monoisotopic (exact) mass is 513 g/mol. The van der Waals surface area contributed by atoms with Crippen LogP contribution in [0, 0.1) is 106 Å². The Labute approximate surface area is 234 Å². The first kappa shape index (κ1) is 30.0. The van der Waals surface area contributed by atoms with Gasteiger partial charge in [0.05, 0.1) is 0 Å². The molecule has 17 atom stereocenters. The quantitative estimate of drug-likeness (QED) is 0.343. The molecule has 4 aliphatic rings. The highest BCUT2D eigenvalue weighted by Gasteiger charge is 2.64. The summed E-state index contributed by atoms with van der Waals surface area (Å²) >= 11 is 0. The fourth-order valence-corrected chi connectivity index (χ4v) is 13.1. The fourth-order valence-electron chi connectivity index (χ4n) is 13.1. The van der Waals surface area contributed by atoms with Crippen molar-refractivity contribution in [1.82, 2.24) is 0 Å². The Morgan fingerprint density at radius 1 is 0.703 bits per heavy atom. The van der Waals surface area contributed by atoms with Crippen LogP contribution in [0.5, 0.6) is 0 Å². The first-order valence-electron chi connectivity index (χ1n) is 17.1. The van der Waals surface area contributed by atoms with Crippen molar-refractivity contribution in [2.45, 2.75) is 129 Å². The zero-order chi connectivity index (χ0) is 27.8. The molecule has 0 aliphatic heterocycles. The maximum absolute atomic E-state index is 2.81. The van der Waals surface area contributed by atoms with E-state index in [-0.39, 0.29) is 0 Å². The molecule has 0 aromatic rings. The van der Waals surface area contributed by atoms with Gasteiger partial charge in [-0.2, -0.15) is 0 Å². The van der Waals surface area contributed by atoms with Crippen LogP contribution in [0.4, 0.5) is 0 Å². The number of fused-ring (bicyclic) bond motifs is 1. The Balaban J connectivity index is 1.69. The van der Waals surface area contributed by atoms with Gasteiger partial charge in [0.15, 0.2) is 0 Å². The van der Waals surface area contributed by atoms with E-state index in [4.69, 9.17) is 0 Å². The Kier molecular flexibility index (Phi) is 8.45. The van der Waals surface area contributed by atoms with Crippen molar-refractivity contribution in [3.63, 3.8) is 0 Å². The van der Waals surface area contributed by atoms with Crippen molar-refractivity contribution >= 4 is 0 Å². The molecular formula is C37H68. The molecule has 4 fully saturated rings. The zero-order valence-corrected chi connectivity index (χ0v) is 27.8. The van der Waals surface area contributed by atoms with Gasteiger partial charge >= 0.3 is 0 Å². The van der Waals surface area contributed by atoms with E-state index in [0.717, 1.165) is 94.7 Å². The van der Waals surface area contributed by atoms with Gasteiger partial charge in [0.2, 0.25) is 0 Å². The lowest BCUT2D eigenvalue weighted by atomic mass is 9.48. The van der Waals surface area contributed by atoms with Crippen LogP contribution < -0.4 is 0 Å². The van der Waals surface area contributed by atoms with Gasteiger partial charge in [0.25, 0.3) is 0 Å². The molecule has 0 radical (unpaired) electrons. The molecule has 17 unspecified atom stereocenters. The fraction of sp³-hybridized carbons (Fsp3) is 1.00. The lowest BCUT2D eigenvalue weighted by Gasteiger charge is -2.56. The largest absolute Gasteiger partial charge is 0.0628 e. The highest BCUT2D eigenvalue weighted by Crippen LogP contribution is 2.70. The lowest BCUT2D eigenvalue weighted by molar-refractivity contribution is -0.0837. The molecule has 0 amide bonds. The molecule has 0 heteroatoms. The first-order chi connectivity index (χ1) is 17.1. The van der Waals surface area contributed by atoms with E-state index in [0.29, 0.717) is 10.8 Å². The summed E-state index contributed by atoms with van der Waals surface area (Å²) in [4.78, 5) is 0. The van der Waals surface area contributed by atoms with Crippen LogP contribution in [0.3, 0.4) is 0 Å². The average Bonchev–Trinajstić information content (AvgIpc) is 3.22. The molecule has 0 saturated heterocycles. The Hall–Kier alpha value is 0. The average molecular weight is 513 g/mol. The van der Waals surface area contributed by atoms with Crippen molar-refractivity contribution in [2.24, 2.45) is 106 Å². The van der Waals surface area contributed by atoms with E-state index < -0.39 is 0 Å². The Morgan fingerprint density at radius 2 is 1.30 bits per heavy atom. The predicted octanol–water partition coefficient (Wildman–Crippen LogP) is 11.1. The van der Waals surface area contributed by atoms with E-state index in [2.05, 4.69) is 96.9 Å². The van der Waals surface area contributed by atoms with E-state index in [1.165, 1.54) is 32.1 Å². The summed E-state index contributed by atoms with van der Waals surface area (Å²) in [5.74, 6) is 14.0. The van der Waals surface area contributed by atoms with Gasteiger partial charge in [0.1, 0.15) is 0 Å². The van der Waals surface area contributed by atoms with Crippen molar-refractivity contribution in [3.05, 3.63) is 0 Å². The molecule has 4 aliphatic carbocycles. The highest BCUT2D eigenvalue weighted by molar-refractivity contribution is 5.12. The zero-order valence-electron chi connectivity index (χ0n) is 27.8. The molecule has 4 rings (SSSR count). The van der Waals surface area contributed by atoms with Crippen LogP contribution in [-0.4, -0.2) is 0 Å². The summed E-state index contributed by atoms with van der Waals surface area (Å²) in [6.07, 6.45) is 7.27. The van der Waals surface area contributed by atoms with Gasteiger partial charge in [-0.05, 0) is 125 Å². The molecule has 0 nitrogen and oxygen atoms in total. The molecule has 0 heterocycles. The van der Waals surface area contributed by atoms with Gasteiger partial charge in [-0.1, -0.05) is 110 Å². The molecule has 0 spiro atoms. The molecule has 216 valence electrons. The standard InChI is InChI=1S/C37H68/c1-20(2)17-31-26(8)27(9)32-19-36(13,29(11)33(32)28(31)10)30(12)35-23(5)18-24(6)37(35,14)34-22(4)16-15-21(3)25(34)7/h20-35H,15-19H2,1-14H3. The third kappa shape index (κ3) is 4.52. The van der Waals surface area contributed by atoms with E-state index in [9.17, 15) is 0 Å². The third-order valence-electron chi connectivity index (χ3n) is 15.6. The smallest absolute Gasteiger partial charge is 0.0233 e. The summed E-state index contributed by atoms with van der Waals surface area (Å²) in [5, 5.41) is 0. The second kappa shape index (κ2) is 10.4. The van der Waals surface area contributed by atoms with Crippen LogP contribution in [0.15, 0.2) is 0 Å². The normalized spacial score (nSPS) is 57.5. The molecule has 4 saturated carbocycles. The lowest BCUT2D eigenvalue weighted by Crippen LogP contribution is -2.51. The summed E-state index contributed by atoms with van der Waals surface area (Å²) in [5.41, 5.74) is 0.953. The van der Waals surface area contributed by atoms with Crippen LogP contribution in [0.25, 0.3) is 0 Å². The van der Waals surface area contributed by atoms with Gasteiger partial charge in [-0.25, -0.2) is 0 Å². The van der Waals surface area contributed by atoms with E-state index in [1.807, 2.05) is 0 Å². The van der Waals surface area contributed by atoms with Crippen molar-refractivity contribution in [2.75, 3.05) is 0 Å². The maximum atomic E-state index is 2.81. The van der Waals surface area contributed by atoms with Crippen molar-refractivity contribution in [3.8, 4) is 0 Å². The third-order valence-corrected chi connectivity index (χ3v) is 15.6. The topological polar surface area (TPSA) is 0 Å². The van der Waals surface area contributed by atoms with Crippen LogP contribution in [0.2, 0.25) is 0 Å². The molecule has 0 N–H and O–H groups in total. The SMILES string of the molecule is CC(C)CC1C(C)C(C)C2CC(C)(C(C)C3C(C)CC(C)C3(C)C3C(C)CCC(C)C3C)C(C)C2C1C. The van der Waals surface area contributed by atoms with Crippen LogP contribution >= 0.6 is 0 Å². The summed E-state index contributed by atoms with van der Waals surface area (Å²) < 4.78 is 0. The predicted molar refractivity (Wildman–Crippen MR) is 163 cm³/mol. The Bertz CT molecular complexity index is 781. The molecule has 0 aromatic carbocycles. The second-order valence-corrected chi connectivity index (χ2v) is 17.3. The van der Waals surface area contributed by atoms with Crippen LogP contribution in [-0.2, 0) is 0 Å². The Morgan fingerprint density at radius 3 is 1.89 bits per heavy atom. The van der Waals surface area contributed by atoms with Gasteiger partial charge in [-0.3, -0.25) is 0 Å². The van der Waals surface area contributed by atoms with Crippen LogP contribution in [0.1, 0.15) is 129 Å². The summed E-state index contributed by atoms with van der Waals surface area (Å²) in [7, 11) is 0. The van der Waals surface area contributed by atoms with Gasteiger partial charge in [0, 0.05) is 0 Å². The molecular weight excluding hydrogens is 444 g/mol. The second-order valence-electron chi connectivity index (χ2n) is 17.3. The molecule has 37 heavy (non-hydrogen) atoms. The summed E-state index contributed by atoms with van der Waals surface area (Å²) in [6, 6.07) is 0. The van der Waals surface area contributed by atoms with E-state index >= 15 is 0 Å². The minimum absolute atomic E-state index is 0.474. The molecule has 0 aromatic heterocycles. The highest BCUT2D eigenvalue weighted by atomic mass is 14.7. The van der Waals surface area contributed by atoms with Gasteiger partial charge < -0.3 is 0 Å². The van der Waals surface area contributed by atoms with Crippen molar-refractivity contribution < 1.29 is 0 Å². The van der Waals surface area contributed by atoms with Crippen molar-refractivity contribution in [1.29, 1.82) is 0 Å².